The van der Waals surface area contributed by atoms with Gasteiger partial charge in [-0.15, -0.1) is 0 Å². The van der Waals surface area contributed by atoms with E-state index in [1.165, 1.54) is 11.1 Å². The van der Waals surface area contributed by atoms with E-state index in [-0.39, 0.29) is 5.54 Å². The van der Waals surface area contributed by atoms with E-state index in [2.05, 4.69) is 39.0 Å². The highest BCUT2D eigenvalue weighted by atomic mass is 16.5. The van der Waals surface area contributed by atoms with Gasteiger partial charge in [-0.05, 0) is 38.3 Å². The maximum Gasteiger partial charge on any atom is 0.125 e. The van der Waals surface area contributed by atoms with Gasteiger partial charge < -0.3 is 10.5 Å². The van der Waals surface area contributed by atoms with E-state index >= 15 is 0 Å². The largest absolute Gasteiger partial charge is 0.493 e. The minimum atomic E-state index is -0.174. The summed E-state index contributed by atoms with van der Waals surface area (Å²) in [6.07, 6.45) is 1.01. The summed E-state index contributed by atoms with van der Waals surface area (Å²) in [5, 5.41) is 0. The van der Waals surface area contributed by atoms with Gasteiger partial charge in [0.25, 0.3) is 0 Å². The maximum absolute atomic E-state index is 6.22. The molecule has 15 heavy (non-hydrogen) atoms. The van der Waals surface area contributed by atoms with Gasteiger partial charge in [-0.1, -0.05) is 18.2 Å². The van der Waals surface area contributed by atoms with Crippen LogP contribution in [0.5, 0.6) is 5.75 Å². The molecule has 1 aliphatic rings. The summed E-state index contributed by atoms with van der Waals surface area (Å²) in [7, 11) is 0. The van der Waals surface area contributed by atoms with Gasteiger partial charge in [-0.2, -0.15) is 0 Å². The molecule has 1 aromatic rings. The SMILES string of the molecule is Cc1cccc2c1OCCC2C(C)(C)N. The first-order chi connectivity index (χ1) is 7.00. The third kappa shape index (κ3) is 1.86. The molecule has 82 valence electrons. The molecular formula is C13H19NO. The molecule has 0 fully saturated rings. The molecule has 0 saturated heterocycles. The van der Waals surface area contributed by atoms with Gasteiger partial charge in [-0.3, -0.25) is 0 Å². The van der Waals surface area contributed by atoms with Crippen molar-refractivity contribution in [1.29, 1.82) is 0 Å². The average Bonchev–Trinajstić information content (AvgIpc) is 2.16. The number of rotatable bonds is 1. The van der Waals surface area contributed by atoms with E-state index in [1.807, 2.05) is 0 Å². The molecule has 0 saturated carbocycles. The standard InChI is InChI=1S/C13H19NO/c1-9-5-4-6-10-11(13(2,3)14)7-8-15-12(9)10/h4-6,11H,7-8,14H2,1-3H3. The Kier molecular flexibility index (Phi) is 2.47. The van der Waals surface area contributed by atoms with Crippen LogP contribution in [-0.2, 0) is 0 Å². The van der Waals surface area contributed by atoms with Gasteiger partial charge in [0.15, 0.2) is 0 Å². The average molecular weight is 205 g/mol. The third-order valence-corrected chi connectivity index (χ3v) is 3.17. The summed E-state index contributed by atoms with van der Waals surface area (Å²) in [5.74, 6) is 1.45. The summed E-state index contributed by atoms with van der Waals surface area (Å²) in [6.45, 7) is 7.05. The highest BCUT2D eigenvalue weighted by molar-refractivity contribution is 5.45. The Morgan fingerprint density at radius 3 is 2.80 bits per heavy atom. The molecule has 0 spiro atoms. The zero-order chi connectivity index (χ0) is 11.1. The second-order valence-electron chi connectivity index (χ2n) is 5.00. The molecule has 0 bridgehead atoms. The fraction of sp³-hybridized carbons (Fsp3) is 0.538. The Hall–Kier alpha value is -1.02. The number of hydrogen-bond acceptors (Lipinski definition) is 2. The van der Waals surface area contributed by atoms with Crippen molar-refractivity contribution in [1.82, 2.24) is 0 Å². The molecule has 1 unspecified atom stereocenters. The van der Waals surface area contributed by atoms with Crippen LogP contribution in [0.2, 0.25) is 0 Å². The summed E-state index contributed by atoms with van der Waals surface area (Å²) < 4.78 is 5.72. The van der Waals surface area contributed by atoms with Crippen LogP contribution >= 0.6 is 0 Å². The van der Waals surface area contributed by atoms with Crippen LogP contribution in [-0.4, -0.2) is 12.1 Å². The predicted octanol–water partition coefficient (Wildman–Crippen LogP) is 2.60. The zero-order valence-electron chi connectivity index (χ0n) is 9.71. The smallest absolute Gasteiger partial charge is 0.125 e. The van der Waals surface area contributed by atoms with Crippen LogP contribution < -0.4 is 10.5 Å². The number of hydrogen-bond donors (Lipinski definition) is 1. The van der Waals surface area contributed by atoms with Crippen LogP contribution in [0.15, 0.2) is 18.2 Å². The van der Waals surface area contributed by atoms with Crippen LogP contribution in [0.4, 0.5) is 0 Å². The van der Waals surface area contributed by atoms with Crippen molar-refractivity contribution in [3.05, 3.63) is 29.3 Å². The van der Waals surface area contributed by atoms with Crippen molar-refractivity contribution in [2.75, 3.05) is 6.61 Å². The molecule has 1 aromatic carbocycles. The first-order valence-electron chi connectivity index (χ1n) is 5.51. The lowest BCUT2D eigenvalue weighted by atomic mass is 9.78. The summed E-state index contributed by atoms with van der Waals surface area (Å²) in [4.78, 5) is 0. The van der Waals surface area contributed by atoms with E-state index in [0.29, 0.717) is 5.92 Å². The van der Waals surface area contributed by atoms with Gasteiger partial charge in [0, 0.05) is 11.5 Å². The minimum absolute atomic E-state index is 0.174. The fourth-order valence-electron chi connectivity index (χ4n) is 2.35. The summed E-state index contributed by atoms with van der Waals surface area (Å²) in [6, 6.07) is 6.31. The quantitative estimate of drug-likeness (QED) is 0.765. The van der Waals surface area contributed by atoms with Gasteiger partial charge in [-0.25, -0.2) is 0 Å². The molecule has 1 atom stereocenters. The van der Waals surface area contributed by atoms with E-state index in [9.17, 15) is 0 Å². The summed E-state index contributed by atoms with van der Waals surface area (Å²) >= 11 is 0. The molecule has 2 rings (SSSR count). The molecule has 2 heteroatoms. The first-order valence-corrected chi connectivity index (χ1v) is 5.51. The Morgan fingerprint density at radius 1 is 1.40 bits per heavy atom. The maximum atomic E-state index is 6.22. The lowest BCUT2D eigenvalue weighted by molar-refractivity contribution is 0.232. The number of ether oxygens (including phenoxy) is 1. The topological polar surface area (TPSA) is 35.2 Å². The Morgan fingerprint density at radius 2 is 2.13 bits per heavy atom. The van der Waals surface area contributed by atoms with E-state index < -0.39 is 0 Å². The molecule has 2 N–H and O–H groups in total. The van der Waals surface area contributed by atoms with Crippen LogP contribution in [0.1, 0.15) is 37.3 Å². The third-order valence-electron chi connectivity index (χ3n) is 3.17. The van der Waals surface area contributed by atoms with Crippen LogP contribution in [0, 0.1) is 6.92 Å². The van der Waals surface area contributed by atoms with Gasteiger partial charge >= 0.3 is 0 Å². The number of benzene rings is 1. The fourth-order valence-corrected chi connectivity index (χ4v) is 2.35. The lowest BCUT2D eigenvalue weighted by Gasteiger charge is -2.35. The molecule has 0 amide bonds. The van der Waals surface area contributed by atoms with Gasteiger partial charge in [0.1, 0.15) is 5.75 Å². The molecule has 0 aliphatic carbocycles. The molecule has 1 aliphatic heterocycles. The molecule has 1 heterocycles. The molecule has 0 radical (unpaired) electrons. The number of fused-ring (bicyclic) bond motifs is 1. The van der Waals surface area contributed by atoms with Crippen molar-refractivity contribution in [2.45, 2.75) is 38.6 Å². The Labute approximate surface area is 91.4 Å². The second-order valence-corrected chi connectivity index (χ2v) is 5.00. The van der Waals surface area contributed by atoms with Gasteiger partial charge in [0.05, 0.1) is 6.61 Å². The van der Waals surface area contributed by atoms with Gasteiger partial charge in [0.2, 0.25) is 0 Å². The minimum Gasteiger partial charge on any atom is -0.493 e. The van der Waals surface area contributed by atoms with Crippen LogP contribution in [0.25, 0.3) is 0 Å². The van der Waals surface area contributed by atoms with E-state index in [4.69, 9.17) is 10.5 Å². The molecular weight excluding hydrogens is 186 g/mol. The highest BCUT2D eigenvalue weighted by Crippen LogP contribution is 2.40. The first kappa shape index (κ1) is 10.5. The Bertz CT molecular complexity index is 365. The highest BCUT2D eigenvalue weighted by Gasteiger charge is 2.32. The van der Waals surface area contributed by atoms with Crippen molar-refractivity contribution in [2.24, 2.45) is 5.73 Å². The number of para-hydroxylation sites is 1. The number of aryl methyl sites for hydroxylation is 1. The second kappa shape index (κ2) is 3.53. The van der Waals surface area contributed by atoms with Crippen molar-refractivity contribution >= 4 is 0 Å². The molecule has 2 nitrogen and oxygen atoms in total. The Balaban J connectivity index is 2.48. The lowest BCUT2D eigenvalue weighted by Crippen LogP contribution is -2.41. The van der Waals surface area contributed by atoms with Crippen molar-refractivity contribution < 1.29 is 4.74 Å². The predicted molar refractivity (Wildman–Crippen MR) is 62.3 cm³/mol. The van der Waals surface area contributed by atoms with E-state index in [0.717, 1.165) is 18.8 Å². The number of nitrogens with two attached hydrogens (primary N) is 1. The normalized spacial score (nSPS) is 20.7. The zero-order valence-corrected chi connectivity index (χ0v) is 9.71. The van der Waals surface area contributed by atoms with E-state index in [1.54, 1.807) is 0 Å². The van der Waals surface area contributed by atoms with Crippen molar-refractivity contribution in [3.63, 3.8) is 0 Å². The van der Waals surface area contributed by atoms with Crippen LogP contribution in [0.3, 0.4) is 0 Å². The van der Waals surface area contributed by atoms with Crippen molar-refractivity contribution in [3.8, 4) is 5.75 Å². The monoisotopic (exact) mass is 205 g/mol. The summed E-state index contributed by atoms with van der Waals surface area (Å²) in [5.41, 5.74) is 8.53. The molecule has 0 aromatic heterocycles.